The Labute approximate surface area is 200 Å². The molecule has 0 unspecified atom stereocenters. The molecule has 4 rings (SSSR count). The first-order valence-electron chi connectivity index (χ1n) is 10.2. The molecular weight excluding hydrogens is 479 g/mol. The second-order valence-corrected chi connectivity index (χ2v) is 11.6. The van der Waals surface area contributed by atoms with Gasteiger partial charge in [-0.25, -0.2) is 18.7 Å². The average Bonchev–Trinajstić information content (AvgIpc) is 2.80. The van der Waals surface area contributed by atoms with Gasteiger partial charge in [0.15, 0.2) is 5.82 Å². The van der Waals surface area contributed by atoms with Gasteiger partial charge in [-0.3, -0.25) is 4.98 Å². The summed E-state index contributed by atoms with van der Waals surface area (Å²) in [7, 11) is -2.56. The molecule has 0 saturated carbocycles. The molecule has 0 aliphatic carbocycles. The molecule has 6 nitrogen and oxygen atoms in total. The Morgan fingerprint density at radius 1 is 1.12 bits per heavy atom. The second kappa shape index (κ2) is 9.09. The topological polar surface area (TPSA) is 91.6 Å². The maximum absolute atomic E-state index is 15.0. The minimum absolute atomic E-state index is 0.0204. The van der Waals surface area contributed by atoms with Crippen LogP contribution in [0.3, 0.4) is 0 Å². The highest BCUT2D eigenvalue weighted by Crippen LogP contribution is 2.36. The Morgan fingerprint density at radius 3 is 2.53 bits per heavy atom. The van der Waals surface area contributed by atoms with E-state index in [-0.39, 0.29) is 28.3 Å². The van der Waals surface area contributed by atoms with Gasteiger partial charge in [-0.15, -0.1) is 0 Å². The van der Waals surface area contributed by atoms with Crippen LogP contribution < -0.4 is 10.8 Å². The van der Waals surface area contributed by atoms with Crippen LogP contribution in [0.2, 0.25) is 5.02 Å². The lowest BCUT2D eigenvalue weighted by Gasteiger charge is -2.15. The van der Waals surface area contributed by atoms with Gasteiger partial charge in [-0.2, -0.15) is 5.26 Å². The van der Waals surface area contributed by atoms with Gasteiger partial charge in [0.1, 0.15) is 24.2 Å². The van der Waals surface area contributed by atoms with Crippen molar-refractivity contribution in [2.75, 3.05) is 18.6 Å². The van der Waals surface area contributed by atoms with Crippen molar-refractivity contribution in [1.29, 1.82) is 5.26 Å². The van der Waals surface area contributed by atoms with Gasteiger partial charge in [0.2, 0.25) is 0 Å². The first kappa shape index (κ1) is 23.7. The van der Waals surface area contributed by atoms with Crippen LogP contribution in [-0.4, -0.2) is 28.3 Å². The molecule has 34 heavy (non-hydrogen) atoms. The summed E-state index contributed by atoms with van der Waals surface area (Å²) in [6, 6.07) is 10.5. The van der Waals surface area contributed by atoms with Crippen molar-refractivity contribution in [3.63, 3.8) is 0 Å². The molecule has 4 aromatic rings. The first-order valence-corrected chi connectivity index (χ1v) is 13.2. The van der Waals surface area contributed by atoms with Crippen molar-refractivity contribution in [2.24, 2.45) is 0 Å². The van der Waals surface area contributed by atoms with Crippen molar-refractivity contribution in [3.8, 4) is 17.3 Å². The number of pyridine rings is 3. The number of fused-ring (bicyclic) bond motifs is 1. The van der Waals surface area contributed by atoms with E-state index in [2.05, 4.69) is 20.3 Å². The van der Waals surface area contributed by atoms with Crippen molar-refractivity contribution < 1.29 is 13.3 Å². The monoisotopic (exact) mass is 497 g/mol. The largest absolute Gasteiger partial charge is 0.378 e. The molecule has 0 amide bonds. The molecule has 0 spiro atoms. The highest BCUT2D eigenvalue weighted by atomic mass is 35.5. The maximum atomic E-state index is 15.0. The molecule has 0 aliphatic heterocycles. The maximum Gasteiger partial charge on any atom is 0.151 e. The zero-order chi connectivity index (χ0) is 24.6. The van der Waals surface area contributed by atoms with Crippen LogP contribution >= 0.6 is 18.7 Å². The molecule has 3 aromatic heterocycles. The summed E-state index contributed by atoms with van der Waals surface area (Å²) in [5.74, 6) is -1.08. The number of aryl methyl sites for hydroxylation is 1. The van der Waals surface area contributed by atoms with Crippen LogP contribution in [0.5, 0.6) is 0 Å². The number of benzene rings is 1. The first-order chi connectivity index (χ1) is 16.1. The highest BCUT2D eigenvalue weighted by molar-refractivity contribution is 7.69. The van der Waals surface area contributed by atoms with E-state index in [9.17, 15) is 13.3 Å². The third kappa shape index (κ3) is 4.63. The van der Waals surface area contributed by atoms with E-state index in [4.69, 9.17) is 16.9 Å². The molecule has 1 N–H and O–H groups in total. The second-order valence-electron chi connectivity index (χ2n) is 8.10. The summed E-state index contributed by atoms with van der Waals surface area (Å²) >= 11 is 6.50. The van der Waals surface area contributed by atoms with Gasteiger partial charge in [0.25, 0.3) is 0 Å². The number of nitriles is 1. The van der Waals surface area contributed by atoms with E-state index in [1.54, 1.807) is 32.4 Å². The predicted molar refractivity (Wildman–Crippen MR) is 130 cm³/mol. The summed E-state index contributed by atoms with van der Waals surface area (Å²) in [6.07, 6.45) is 1.42. The summed E-state index contributed by atoms with van der Waals surface area (Å²) in [5, 5.41) is 12.4. The van der Waals surface area contributed by atoms with Crippen LogP contribution in [0.4, 0.5) is 14.5 Å². The van der Waals surface area contributed by atoms with Gasteiger partial charge < -0.3 is 9.88 Å². The number of nitrogens with one attached hydrogen (secondary N) is 1. The number of halogens is 3. The van der Waals surface area contributed by atoms with Gasteiger partial charge in [0.05, 0.1) is 39.0 Å². The summed E-state index contributed by atoms with van der Waals surface area (Å²) in [6.45, 7) is 4.90. The lowest BCUT2D eigenvalue weighted by atomic mass is 10.1. The number of aromatic nitrogens is 3. The molecule has 0 bridgehead atoms. The quantitative estimate of drug-likeness (QED) is 0.357. The predicted octanol–water partition coefficient (Wildman–Crippen LogP) is 5.66. The van der Waals surface area contributed by atoms with Crippen LogP contribution in [0, 0.1) is 29.9 Å². The molecule has 1 aromatic carbocycles. The fourth-order valence-corrected chi connectivity index (χ4v) is 4.40. The zero-order valence-electron chi connectivity index (χ0n) is 18.5. The Balaban J connectivity index is 1.80. The summed E-state index contributed by atoms with van der Waals surface area (Å²) in [5.41, 5.74) is 2.82. The van der Waals surface area contributed by atoms with Crippen molar-refractivity contribution in [3.05, 3.63) is 76.1 Å². The standard InChI is InChI=1S/C24H19ClF2N5OP/c1-13-21(25)24(30-12-16-8-14(10-28)4-6-17(16)26)23-19(31-13)9-18(27)22(32-23)15-5-7-20(29-11-15)34(2,3)33/h4-9,11H,12H2,1-3H3,(H,30,31). The highest BCUT2D eigenvalue weighted by Gasteiger charge is 2.19. The van der Waals surface area contributed by atoms with Crippen LogP contribution in [0.15, 0.2) is 42.6 Å². The number of hydrogen-bond donors (Lipinski definition) is 1. The van der Waals surface area contributed by atoms with Crippen molar-refractivity contribution >= 4 is 40.9 Å². The zero-order valence-corrected chi connectivity index (χ0v) is 20.2. The number of rotatable bonds is 5. The van der Waals surface area contributed by atoms with E-state index < -0.39 is 18.8 Å². The van der Waals surface area contributed by atoms with Gasteiger partial charge >= 0.3 is 0 Å². The molecular formula is C24H19ClF2N5OP. The van der Waals surface area contributed by atoms with E-state index in [0.29, 0.717) is 33.5 Å². The van der Waals surface area contributed by atoms with Gasteiger partial charge in [-0.05, 0) is 50.6 Å². The molecule has 0 saturated heterocycles. The van der Waals surface area contributed by atoms with Gasteiger partial charge in [0, 0.05) is 29.9 Å². The minimum Gasteiger partial charge on any atom is -0.378 e. The molecule has 0 atom stereocenters. The van der Waals surface area contributed by atoms with E-state index in [1.807, 2.05) is 6.07 Å². The van der Waals surface area contributed by atoms with E-state index in [0.717, 1.165) is 0 Å². The van der Waals surface area contributed by atoms with Gasteiger partial charge in [-0.1, -0.05) is 11.6 Å². The molecule has 0 aliphatic rings. The van der Waals surface area contributed by atoms with Crippen LogP contribution in [0.1, 0.15) is 16.8 Å². The molecule has 172 valence electrons. The van der Waals surface area contributed by atoms with E-state index >= 15 is 0 Å². The van der Waals surface area contributed by atoms with Crippen LogP contribution in [-0.2, 0) is 11.1 Å². The lowest BCUT2D eigenvalue weighted by molar-refractivity contribution is 0.588. The third-order valence-electron chi connectivity index (χ3n) is 5.22. The van der Waals surface area contributed by atoms with Crippen molar-refractivity contribution in [2.45, 2.75) is 13.5 Å². The van der Waals surface area contributed by atoms with Crippen molar-refractivity contribution in [1.82, 2.24) is 15.0 Å². The molecule has 3 heterocycles. The minimum atomic E-state index is -2.56. The Morgan fingerprint density at radius 2 is 1.88 bits per heavy atom. The fraction of sp³-hybridized carbons (Fsp3) is 0.167. The molecule has 0 radical (unpaired) electrons. The number of anilines is 1. The lowest BCUT2D eigenvalue weighted by Crippen LogP contribution is -2.08. The number of hydrogen-bond acceptors (Lipinski definition) is 6. The van der Waals surface area contributed by atoms with E-state index in [1.165, 1.54) is 30.5 Å². The fourth-order valence-electron chi connectivity index (χ4n) is 3.43. The third-order valence-corrected chi connectivity index (χ3v) is 7.05. The number of nitrogens with zero attached hydrogens (tertiary/aromatic N) is 4. The Kier molecular flexibility index (Phi) is 6.35. The smallest absolute Gasteiger partial charge is 0.151 e. The Hall–Kier alpha value is -3.40. The normalized spacial score (nSPS) is 11.4. The average molecular weight is 498 g/mol. The summed E-state index contributed by atoms with van der Waals surface area (Å²) < 4.78 is 41.5. The molecule has 0 fully saturated rings. The Bertz CT molecular complexity index is 1510. The molecule has 10 heteroatoms. The summed E-state index contributed by atoms with van der Waals surface area (Å²) in [4.78, 5) is 13.0. The van der Waals surface area contributed by atoms with Crippen LogP contribution in [0.25, 0.3) is 22.3 Å². The SMILES string of the molecule is Cc1nc2cc(F)c(-c3ccc(P(C)(C)=O)nc3)nc2c(NCc2cc(C#N)ccc2F)c1Cl.